The van der Waals surface area contributed by atoms with E-state index in [1.807, 2.05) is 30.3 Å². The van der Waals surface area contributed by atoms with E-state index in [-0.39, 0.29) is 24.4 Å². The third kappa shape index (κ3) is 3.37. The van der Waals surface area contributed by atoms with Gasteiger partial charge in [0.1, 0.15) is 5.82 Å². The van der Waals surface area contributed by atoms with Crippen molar-refractivity contribution in [1.29, 1.82) is 0 Å². The molecule has 6 heteroatoms. The first-order valence-electron chi connectivity index (χ1n) is 7.70. The molecular weight excluding hydrogens is 309 g/mol. The molecule has 3 amide bonds. The number of carbonyl (C=O) groups excluding carboxylic acids is 2. The summed E-state index contributed by atoms with van der Waals surface area (Å²) >= 11 is 0. The Bertz CT molecular complexity index is 751. The average Bonchev–Trinajstić information content (AvgIpc) is 2.95. The fourth-order valence-electron chi connectivity index (χ4n) is 2.74. The first-order valence-corrected chi connectivity index (χ1v) is 7.70. The van der Waals surface area contributed by atoms with E-state index in [1.165, 1.54) is 21.9 Å². The Labute approximate surface area is 139 Å². The maximum atomic E-state index is 13.3. The van der Waals surface area contributed by atoms with Gasteiger partial charge < -0.3 is 10.2 Å². The van der Waals surface area contributed by atoms with Crippen molar-refractivity contribution in [3.05, 3.63) is 60.4 Å². The van der Waals surface area contributed by atoms with Crippen LogP contribution in [0.1, 0.15) is 6.42 Å². The number of para-hydroxylation sites is 1. The summed E-state index contributed by atoms with van der Waals surface area (Å²) in [5.41, 5.74) is 1.27. The molecule has 0 radical (unpaired) electrons. The minimum atomic E-state index is -0.392. The van der Waals surface area contributed by atoms with Crippen LogP contribution in [-0.2, 0) is 4.79 Å². The van der Waals surface area contributed by atoms with Crippen LogP contribution in [0.15, 0.2) is 54.6 Å². The number of urea groups is 1. The highest BCUT2D eigenvalue weighted by Gasteiger charge is 2.32. The predicted molar refractivity (Wildman–Crippen MR) is 90.5 cm³/mol. The van der Waals surface area contributed by atoms with Crippen LogP contribution in [0.3, 0.4) is 0 Å². The number of amides is 3. The van der Waals surface area contributed by atoms with Gasteiger partial charge in [0.2, 0.25) is 5.91 Å². The minimum Gasteiger partial charge on any atom is -0.333 e. The molecule has 24 heavy (non-hydrogen) atoms. The van der Waals surface area contributed by atoms with Crippen molar-refractivity contribution in [2.24, 2.45) is 0 Å². The van der Waals surface area contributed by atoms with Gasteiger partial charge in [0.25, 0.3) is 0 Å². The fraction of sp³-hybridized carbons (Fsp3) is 0.222. The van der Waals surface area contributed by atoms with Crippen LogP contribution in [0.4, 0.5) is 20.6 Å². The largest absolute Gasteiger partial charge is 0.333 e. The molecule has 124 valence electrons. The Morgan fingerprint density at radius 3 is 2.67 bits per heavy atom. The fourth-order valence-corrected chi connectivity index (χ4v) is 2.74. The molecule has 2 aromatic carbocycles. The number of rotatable bonds is 3. The van der Waals surface area contributed by atoms with Gasteiger partial charge in [-0.15, -0.1) is 0 Å². The van der Waals surface area contributed by atoms with Crippen LogP contribution < -0.4 is 15.1 Å². The lowest BCUT2D eigenvalue weighted by atomic mass is 10.2. The van der Waals surface area contributed by atoms with Crippen molar-refractivity contribution in [2.75, 3.05) is 23.4 Å². The average molecular weight is 327 g/mol. The lowest BCUT2D eigenvalue weighted by Gasteiger charge is -2.21. The predicted octanol–water partition coefficient (Wildman–Crippen LogP) is 2.78. The monoisotopic (exact) mass is 327 g/mol. The second-order valence-electron chi connectivity index (χ2n) is 5.73. The molecule has 5 nitrogen and oxygen atoms in total. The molecule has 0 bridgehead atoms. The SMILES string of the molecule is CN(C(=O)NC1CC(=O)N(c2cccc(F)c2)C1)c1ccccc1. The Morgan fingerprint density at radius 2 is 1.96 bits per heavy atom. The summed E-state index contributed by atoms with van der Waals surface area (Å²) in [6.07, 6.45) is 0.199. The van der Waals surface area contributed by atoms with Gasteiger partial charge in [-0.2, -0.15) is 0 Å². The van der Waals surface area contributed by atoms with Crippen LogP contribution in [0.25, 0.3) is 0 Å². The molecule has 1 fully saturated rings. The van der Waals surface area contributed by atoms with Crippen LogP contribution in [0.2, 0.25) is 0 Å². The van der Waals surface area contributed by atoms with E-state index in [4.69, 9.17) is 0 Å². The minimum absolute atomic E-state index is 0.131. The quantitative estimate of drug-likeness (QED) is 0.942. The molecule has 1 saturated heterocycles. The van der Waals surface area contributed by atoms with E-state index < -0.39 is 5.82 Å². The highest BCUT2D eigenvalue weighted by atomic mass is 19.1. The second kappa shape index (κ2) is 6.70. The van der Waals surface area contributed by atoms with E-state index in [0.29, 0.717) is 12.2 Å². The highest BCUT2D eigenvalue weighted by molar-refractivity contribution is 5.98. The van der Waals surface area contributed by atoms with E-state index in [2.05, 4.69) is 5.32 Å². The van der Waals surface area contributed by atoms with E-state index in [0.717, 1.165) is 5.69 Å². The highest BCUT2D eigenvalue weighted by Crippen LogP contribution is 2.22. The van der Waals surface area contributed by atoms with Crippen LogP contribution in [0.5, 0.6) is 0 Å². The van der Waals surface area contributed by atoms with Gasteiger partial charge in [-0.3, -0.25) is 9.69 Å². The summed E-state index contributed by atoms with van der Waals surface area (Å²) in [6, 6.07) is 14.6. The molecule has 1 unspecified atom stereocenters. The Balaban J connectivity index is 1.65. The number of hydrogen-bond donors (Lipinski definition) is 1. The van der Waals surface area contributed by atoms with Gasteiger partial charge in [-0.1, -0.05) is 24.3 Å². The molecule has 0 aliphatic carbocycles. The summed E-state index contributed by atoms with van der Waals surface area (Å²) in [4.78, 5) is 27.5. The molecule has 1 aliphatic heterocycles. The Morgan fingerprint density at radius 1 is 1.21 bits per heavy atom. The lowest BCUT2D eigenvalue weighted by molar-refractivity contribution is -0.117. The van der Waals surface area contributed by atoms with Crippen molar-refractivity contribution >= 4 is 23.3 Å². The first-order chi connectivity index (χ1) is 11.5. The summed E-state index contributed by atoms with van der Waals surface area (Å²) in [5, 5.41) is 2.85. The summed E-state index contributed by atoms with van der Waals surface area (Å²) in [6.45, 7) is 0.330. The van der Waals surface area contributed by atoms with Crippen LogP contribution >= 0.6 is 0 Å². The second-order valence-corrected chi connectivity index (χ2v) is 5.73. The smallest absolute Gasteiger partial charge is 0.321 e. The number of nitrogens with one attached hydrogen (secondary N) is 1. The number of benzene rings is 2. The molecule has 3 rings (SSSR count). The summed E-state index contributed by atoms with van der Waals surface area (Å²) in [7, 11) is 1.67. The van der Waals surface area contributed by atoms with Gasteiger partial charge in [0.05, 0.1) is 6.04 Å². The van der Waals surface area contributed by atoms with Gasteiger partial charge in [0, 0.05) is 31.4 Å². The zero-order chi connectivity index (χ0) is 17.1. The van der Waals surface area contributed by atoms with Gasteiger partial charge in [-0.05, 0) is 30.3 Å². The van der Waals surface area contributed by atoms with Crippen molar-refractivity contribution in [2.45, 2.75) is 12.5 Å². The molecule has 1 aliphatic rings. The Kier molecular flexibility index (Phi) is 4.46. The maximum Gasteiger partial charge on any atom is 0.321 e. The van der Waals surface area contributed by atoms with E-state index in [1.54, 1.807) is 19.2 Å². The summed E-state index contributed by atoms with van der Waals surface area (Å²) < 4.78 is 13.3. The molecule has 0 aromatic heterocycles. The normalized spacial score (nSPS) is 17.0. The van der Waals surface area contributed by atoms with Crippen molar-refractivity contribution in [1.82, 2.24) is 5.32 Å². The zero-order valence-corrected chi connectivity index (χ0v) is 13.3. The van der Waals surface area contributed by atoms with Crippen molar-refractivity contribution in [3.8, 4) is 0 Å². The zero-order valence-electron chi connectivity index (χ0n) is 13.3. The van der Waals surface area contributed by atoms with Crippen molar-refractivity contribution in [3.63, 3.8) is 0 Å². The first kappa shape index (κ1) is 16.0. The topological polar surface area (TPSA) is 52.7 Å². The molecule has 1 heterocycles. The Hall–Kier alpha value is -2.89. The van der Waals surface area contributed by atoms with E-state index in [9.17, 15) is 14.0 Å². The summed E-state index contributed by atoms with van der Waals surface area (Å²) in [5.74, 6) is -0.523. The van der Waals surface area contributed by atoms with Gasteiger partial charge in [0.15, 0.2) is 0 Å². The molecular formula is C18H18FN3O2. The molecule has 2 aromatic rings. The molecule has 0 saturated carbocycles. The molecule has 0 spiro atoms. The van der Waals surface area contributed by atoms with E-state index >= 15 is 0 Å². The number of nitrogens with zero attached hydrogens (tertiary/aromatic N) is 2. The third-order valence-corrected chi connectivity index (χ3v) is 4.02. The molecule has 1 N–H and O–H groups in total. The van der Waals surface area contributed by atoms with Gasteiger partial charge >= 0.3 is 6.03 Å². The van der Waals surface area contributed by atoms with Gasteiger partial charge in [-0.25, -0.2) is 9.18 Å². The molecule has 1 atom stereocenters. The number of anilines is 2. The number of carbonyl (C=O) groups is 2. The standard InChI is InChI=1S/C18H18FN3O2/c1-21(15-7-3-2-4-8-15)18(24)20-14-11-17(23)22(12-14)16-9-5-6-13(19)10-16/h2-10,14H,11-12H2,1H3,(H,20,24). The van der Waals surface area contributed by atoms with Crippen LogP contribution in [0, 0.1) is 5.82 Å². The van der Waals surface area contributed by atoms with Crippen LogP contribution in [-0.4, -0.2) is 31.6 Å². The lowest BCUT2D eigenvalue weighted by Crippen LogP contribution is -2.44. The maximum absolute atomic E-state index is 13.3. The third-order valence-electron chi connectivity index (χ3n) is 4.02. The number of hydrogen-bond acceptors (Lipinski definition) is 2. The van der Waals surface area contributed by atoms with Crippen molar-refractivity contribution < 1.29 is 14.0 Å². The number of halogens is 1.